The number of ether oxygens (including phenoxy) is 2. The van der Waals surface area contributed by atoms with Crippen molar-refractivity contribution in [1.29, 1.82) is 0 Å². The molecule has 0 aliphatic carbocycles. The summed E-state index contributed by atoms with van der Waals surface area (Å²) in [6, 6.07) is 11.7. The van der Waals surface area contributed by atoms with Crippen LogP contribution in [-0.4, -0.2) is 34.1 Å². The number of esters is 2. The fourth-order valence-corrected chi connectivity index (χ4v) is 2.36. The summed E-state index contributed by atoms with van der Waals surface area (Å²) in [7, 11) is 1.19. The number of carbonyl (C=O) groups excluding carboxylic acids is 2. The monoisotopic (exact) mass is 338 g/mol. The van der Waals surface area contributed by atoms with Crippen LogP contribution in [0.1, 0.15) is 26.5 Å². The molecule has 126 valence electrons. The molecule has 0 bridgehead atoms. The normalized spacial score (nSPS) is 10.5. The highest BCUT2D eigenvalue weighted by molar-refractivity contribution is 6.01. The first-order chi connectivity index (χ1) is 12.2. The van der Waals surface area contributed by atoms with Crippen LogP contribution in [0.2, 0.25) is 0 Å². The molecule has 1 N–H and O–H groups in total. The minimum absolute atomic E-state index is 0.103. The lowest BCUT2D eigenvalue weighted by atomic mass is 10.1. The largest absolute Gasteiger partial charge is 0.464 e. The summed E-state index contributed by atoms with van der Waals surface area (Å²) in [6.07, 6.45) is 1.49. The Labute approximate surface area is 142 Å². The topological polar surface area (TPSA) is 98.6 Å². The molecule has 7 nitrogen and oxygen atoms in total. The van der Waals surface area contributed by atoms with Crippen molar-refractivity contribution in [3.05, 3.63) is 65.6 Å². The Hall–Kier alpha value is -3.32. The van der Waals surface area contributed by atoms with Crippen molar-refractivity contribution in [2.75, 3.05) is 7.11 Å². The molecule has 0 fully saturated rings. The summed E-state index contributed by atoms with van der Waals surface area (Å²) in [4.78, 5) is 32.7. The summed E-state index contributed by atoms with van der Waals surface area (Å²) in [5.74, 6) is -1.55. The Morgan fingerprint density at radius 1 is 1.08 bits per heavy atom. The molecule has 2 aromatic heterocycles. The van der Waals surface area contributed by atoms with Gasteiger partial charge in [-0.2, -0.15) is 0 Å². The van der Waals surface area contributed by atoms with Crippen molar-refractivity contribution in [3.8, 4) is 5.75 Å². The number of aromatic nitrogens is 2. The summed E-state index contributed by atoms with van der Waals surface area (Å²) in [5.41, 5.74) is 0.574. The van der Waals surface area contributed by atoms with E-state index in [9.17, 15) is 14.7 Å². The minimum Gasteiger partial charge on any atom is -0.464 e. The highest BCUT2D eigenvalue weighted by atomic mass is 16.5. The smallest absolute Gasteiger partial charge is 0.360 e. The van der Waals surface area contributed by atoms with E-state index in [4.69, 9.17) is 9.47 Å². The molecule has 0 unspecified atom stereocenters. The molecule has 0 saturated heterocycles. The summed E-state index contributed by atoms with van der Waals surface area (Å²) < 4.78 is 10.1. The molecule has 2 heterocycles. The summed E-state index contributed by atoms with van der Waals surface area (Å²) >= 11 is 0. The molecule has 25 heavy (non-hydrogen) atoms. The van der Waals surface area contributed by atoms with E-state index >= 15 is 0 Å². The van der Waals surface area contributed by atoms with Crippen molar-refractivity contribution in [2.45, 2.75) is 6.61 Å². The van der Waals surface area contributed by atoms with Crippen molar-refractivity contribution in [2.24, 2.45) is 0 Å². The first-order valence-corrected chi connectivity index (χ1v) is 7.39. The molecule has 0 radical (unpaired) electrons. The standard InChI is InChI=1S/C18H14N2O5/c1-24-18(23)15-16(25-17(22)11-6-3-2-4-7-11)14-12(8-5-9-19-14)13(10-21)20-15/h2-9,21H,10H2,1H3. The zero-order valence-electron chi connectivity index (χ0n) is 13.3. The molecule has 3 aromatic rings. The van der Waals surface area contributed by atoms with Gasteiger partial charge in [0.05, 0.1) is 25.0 Å². The second-order valence-electron chi connectivity index (χ2n) is 5.04. The lowest BCUT2D eigenvalue weighted by Gasteiger charge is -2.13. The average Bonchev–Trinajstić information content (AvgIpc) is 2.68. The Kier molecular flexibility index (Phi) is 4.67. The van der Waals surface area contributed by atoms with E-state index in [2.05, 4.69) is 9.97 Å². The summed E-state index contributed by atoms with van der Waals surface area (Å²) in [6.45, 7) is -0.404. The molecule has 7 heteroatoms. The van der Waals surface area contributed by atoms with Crippen LogP contribution in [0.5, 0.6) is 5.75 Å². The fraction of sp³-hybridized carbons (Fsp3) is 0.111. The number of aliphatic hydroxyl groups excluding tert-OH is 1. The van der Waals surface area contributed by atoms with Gasteiger partial charge in [-0.05, 0) is 24.3 Å². The van der Waals surface area contributed by atoms with Gasteiger partial charge in [0.2, 0.25) is 0 Å². The Bertz CT molecular complexity index is 941. The third-order valence-corrected chi connectivity index (χ3v) is 3.53. The minimum atomic E-state index is -0.793. The second-order valence-corrected chi connectivity index (χ2v) is 5.04. The van der Waals surface area contributed by atoms with Crippen LogP contribution >= 0.6 is 0 Å². The molecule has 0 amide bonds. The van der Waals surface area contributed by atoms with Crippen LogP contribution in [-0.2, 0) is 11.3 Å². The van der Waals surface area contributed by atoms with E-state index in [1.54, 1.807) is 42.5 Å². The highest BCUT2D eigenvalue weighted by Gasteiger charge is 2.24. The van der Waals surface area contributed by atoms with Gasteiger partial charge in [-0.1, -0.05) is 18.2 Å². The lowest BCUT2D eigenvalue weighted by molar-refractivity contribution is 0.0585. The van der Waals surface area contributed by atoms with E-state index in [1.165, 1.54) is 13.3 Å². The predicted molar refractivity (Wildman–Crippen MR) is 88.2 cm³/mol. The van der Waals surface area contributed by atoms with E-state index in [-0.39, 0.29) is 22.7 Å². The first-order valence-electron chi connectivity index (χ1n) is 7.39. The predicted octanol–water partition coefficient (Wildman–Crippen LogP) is 2.13. The SMILES string of the molecule is COC(=O)c1nc(CO)c2cccnc2c1OC(=O)c1ccccc1. The van der Waals surface area contributed by atoms with Crippen LogP contribution in [0.3, 0.4) is 0 Å². The van der Waals surface area contributed by atoms with Gasteiger partial charge in [0.15, 0.2) is 11.4 Å². The summed E-state index contributed by atoms with van der Waals surface area (Å²) in [5, 5.41) is 10.00. The van der Waals surface area contributed by atoms with Crippen LogP contribution in [0, 0.1) is 0 Å². The number of carbonyl (C=O) groups is 2. The van der Waals surface area contributed by atoms with E-state index in [1.807, 2.05) is 0 Å². The Morgan fingerprint density at radius 3 is 2.52 bits per heavy atom. The molecule has 0 spiro atoms. The zero-order chi connectivity index (χ0) is 17.8. The number of hydrogen-bond donors (Lipinski definition) is 1. The maximum Gasteiger partial charge on any atom is 0.360 e. The fourth-order valence-electron chi connectivity index (χ4n) is 2.36. The molecule has 3 rings (SSSR count). The van der Waals surface area contributed by atoms with Crippen molar-refractivity contribution >= 4 is 22.8 Å². The van der Waals surface area contributed by atoms with Crippen molar-refractivity contribution in [1.82, 2.24) is 9.97 Å². The van der Waals surface area contributed by atoms with Gasteiger partial charge in [0, 0.05) is 11.6 Å². The van der Waals surface area contributed by atoms with Crippen LogP contribution in [0.25, 0.3) is 10.9 Å². The highest BCUT2D eigenvalue weighted by Crippen LogP contribution is 2.30. The van der Waals surface area contributed by atoms with Crippen LogP contribution < -0.4 is 4.74 Å². The van der Waals surface area contributed by atoms with Crippen LogP contribution in [0.15, 0.2) is 48.7 Å². The number of nitrogens with zero attached hydrogens (tertiary/aromatic N) is 2. The van der Waals surface area contributed by atoms with E-state index in [0.29, 0.717) is 10.9 Å². The van der Waals surface area contributed by atoms with Gasteiger partial charge in [-0.25, -0.2) is 14.6 Å². The maximum atomic E-state index is 12.4. The third-order valence-electron chi connectivity index (χ3n) is 3.53. The molecular formula is C18H14N2O5. The first kappa shape index (κ1) is 16.5. The van der Waals surface area contributed by atoms with Gasteiger partial charge in [0.1, 0.15) is 5.52 Å². The van der Waals surface area contributed by atoms with Gasteiger partial charge in [0.25, 0.3) is 0 Å². The number of pyridine rings is 2. The number of rotatable bonds is 4. The van der Waals surface area contributed by atoms with Gasteiger partial charge >= 0.3 is 11.9 Å². The van der Waals surface area contributed by atoms with Crippen molar-refractivity contribution < 1.29 is 24.2 Å². The van der Waals surface area contributed by atoms with Crippen LogP contribution in [0.4, 0.5) is 0 Å². The second kappa shape index (κ2) is 7.06. The lowest BCUT2D eigenvalue weighted by Crippen LogP contribution is -2.15. The van der Waals surface area contributed by atoms with Gasteiger partial charge in [-0.3, -0.25) is 4.98 Å². The number of aliphatic hydroxyl groups is 1. The molecule has 0 atom stereocenters. The van der Waals surface area contributed by atoms with Gasteiger partial charge < -0.3 is 14.6 Å². The van der Waals surface area contributed by atoms with E-state index < -0.39 is 18.5 Å². The molecule has 0 aliphatic rings. The number of methoxy groups -OCH3 is 1. The molecule has 0 aliphatic heterocycles. The molecule has 1 aromatic carbocycles. The zero-order valence-corrected chi connectivity index (χ0v) is 13.3. The van der Waals surface area contributed by atoms with E-state index in [0.717, 1.165) is 0 Å². The third kappa shape index (κ3) is 3.17. The number of hydrogen-bond acceptors (Lipinski definition) is 7. The number of benzene rings is 1. The Morgan fingerprint density at radius 2 is 1.84 bits per heavy atom. The van der Waals surface area contributed by atoms with Crippen molar-refractivity contribution in [3.63, 3.8) is 0 Å². The Balaban J connectivity index is 2.18. The quantitative estimate of drug-likeness (QED) is 0.728. The number of fused-ring (bicyclic) bond motifs is 1. The van der Waals surface area contributed by atoms with Gasteiger partial charge in [-0.15, -0.1) is 0 Å². The molecule has 0 saturated carbocycles. The average molecular weight is 338 g/mol. The molecular weight excluding hydrogens is 324 g/mol. The maximum absolute atomic E-state index is 12.4.